The summed E-state index contributed by atoms with van der Waals surface area (Å²) in [6.45, 7) is 1.98. The maximum Gasteiger partial charge on any atom is 0.165 e. The molecule has 110 valence electrons. The summed E-state index contributed by atoms with van der Waals surface area (Å²) < 4.78 is 2.40. The van der Waals surface area contributed by atoms with Crippen LogP contribution >= 0.6 is 15.9 Å². The number of fused-ring (bicyclic) bond motifs is 1. The number of nitrogen functional groups attached to an aromatic ring is 1. The quantitative estimate of drug-likeness (QED) is 0.664. The number of aromatic amines is 1. The van der Waals surface area contributed by atoms with Crippen LogP contribution in [0, 0.1) is 0 Å². The third kappa shape index (κ3) is 2.52. The highest BCUT2D eigenvalue weighted by Gasteiger charge is 2.16. The highest BCUT2D eigenvalue weighted by atomic mass is 79.9. The lowest BCUT2D eigenvalue weighted by molar-refractivity contribution is 0.656. The first-order valence-corrected chi connectivity index (χ1v) is 7.43. The van der Waals surface area contributed by atoms with E-state index in [9.17, 15) is 0 Å². The number of halogens is 1. The Bertz CT molecular complexity index is 761. The normalized spacial score (nSPS) is 12.9. The van der Waals surface area contributed by atoms with E-state index in [2.05, 4.69) is 31.2 Å². The van der Waals surface area contributed by atoms with Crippen molar-refractivity contribution < 1.29 is 0 Å². The van der Waals surface area contributed by atoms with Gasteiger partial charge < -0.3 is 11.5 Å². The largest absolute Gasteiger partial charge is 0.383 e. The zero-order valence-corrected chi connectivity index (χ0v) is 13.1. The minimum absolute atomic E-state index is 0.120. The van der Waals surface area contributed by atoms with E-state index < -0.39 is 0 Å². The van der Waals surface area contributed by atoms with E-state index in [1.54, 1.807) is 23.1 Å². The Kier molecular flexibility index (Phi) is 3.64. The van der Waals surface area contributed by atoms with Crippen molar-refractivity contribution in [3.8, 4) is 11.1 Å². The van der Waals surface area contributed by atoms with Gasteiger partial charge in [0.2, 0.25) is 0 Å². The zero-order chi connectivity index (χ0) is 15.0. The number of hydrogen-bond donors (Lipinski definition) is 3. The van der Waals surface area contributed by atoms with Crippen molar-refractivity contribution in [1.29, 1.82) is 0 Å². The molecule has 0 spiro atoms. The van der Waals surface area contributed by atoms with Crippen molar-refractivity contribution >= 4 is 27.4 Å². The molecule has 0 saturated carbocycles. The molecule has 1 unspecified atom stereocenters. The van der Waals surface area contributed by atoms with Crippen molar-refractivity contribution in [2.75, 3.05) is 5.73 Å². The van der Waals surface area contributed by atoms with Gasteiger partial charge in [-0.25, -0.2) is 4.98 Å². The van der Waals surface area contributed by atoms with Gasteiger partial charge in [0.05, 0.1) is 22.6 Å². The molecular weight excluding hydrogens is 334 g/mol. The topological polar surface area (TPSA) is 111 Å². The molecule has 0 aliphatic heterocycles. The summed E-state index contributed by atoms with van der Waals surface area (Å²) in [7, 11) is 0. The van der Waals surface area contributed by atoms with E-state index in [4.69, 9.17) is 16.5 Å². The van der Waals surface area contributed by atoms with Crippen LogP contribution in [0.5, 0.6) is 0 Å². The number of nitrogens with zero attached hydrogens (tertiary/aromatic N) is 4. The van der Waals surface area contributed by atoms with Crippen LogP contribution in [-0.4, -0.2) is 30.8 Å². The molecule has 21 heavy (non-hydrogen) atoms. The van der Waals surface area contributed by atoms with E-state index in [0.29, 0.717) is 5.82 Å². The molecule has 3 heterocycles. The minimum Gasteiger partial charge on any atom is -0.383 e. The summed E-state index contributed by atoms with van der Waals surface area (Å²) >= 11 is 3.50. The Morgan fingerprint density at radius 1 is 1.43 bits per heavy atom. The molecule has 3 aromatic rings. The van der Waals surface area contributed by atoms with Crippen LogP contribution in [0.1, 0.15) is 19.0 Å². The van der Waals surface area contributed by atoms with Gasteiger partial charge in [0.25, 0.3) is 0 Å². The van der Waals surface area contributed by atoms with E-state index in [1.807, 2.05) is 6.92 Å². The van der Waals surface area contributed by atoms with Crippen LogP contribution in [0.3, 0.4) is 0 Å². The van der Waals surface area contributed by atoms with E-state index >= 15 is 0 Å². The number of aryl methyl sites for hydroxylation is 1. The second kappa shape index (κ2) is 5.45. The molecule has 0 fully saturated rings. The van der Waals surface area contributed by atoms with Crippen LogP contribution in [-0.2, 0) is 6.42 Å². The predicted octanol–water partition coefficient (Wildman–Crippen LogP) is 1.74. The number of aromatic nitrogens is 5. The van der Waals surface area contributed by atoms with Gasteiger partial charge in [-0.2, -0.15) is 14.7 Å². The fraction of sp³-hybridized carbons (Fsp3) is 0.308. The van der Waals surface area contributed by atoms with Gasteiger partial charge in [-0.1, -0.05) is 0 Å². The molecule has 0 aliphatic carbocycles. The smallest absolute Gasteiger partial charge is 0.165 e. The summed E-state index contributed by atoms with van der Waals surface area (Å²) in [5.74, 6) is 0.536. The number of nitrogens with two attached hydrogens (primary N) is 2. The van der Waals surface area contributed by atoms with Crippen molar-refractivity contribution in [3.63, 3.8) is 0 Å². The summed E-state index contributed by atoms with van der Waals surface area (Å²) in [6.07, 6.45) is 6.88. The third-order valence-corrected chi connectivity index (χ3v) is 4.20. The first-order chi connectivity index (χ1) is 10.1. The number of nitrogens with one attached hydrogen (secondary N) is 1. The number of rotatable bonds is 4. The molecule has 3 rings (SSSR count). The molecule has 8 heteroatoms. The lowest BCUT2D eigenvalue weighted by Gasteiger charge is -2.10. The summed E-state index contributed by atoms with van der Waals surface area (Å²) in [5, 5.41) is 11.1. The van der Waals surface area contributed by atoms with Gasteiger partial charge in [-0.3, -0.25) is 5.10 Å². The molecule has 7 nitrogen and oxygen atoms in total. The lowest BCUT2D eigenvalue weighted by Crippen LogP contribution is -2.16. The molecule has 5 N–H and O–H groups in total. The van der Waals surface area contributed by atoms with Crippen molar-refractivity contribution in [3.05, 3.63) is 28.8 Å². The first-order valence-electron chi connectivity index (χ1n) is 6.64. The van der Waals surface area contributed by atoms with Crippen LogP contribution in [0.4, 0.5) is 5.82 Å². The van der Waals surface area contributed by atoms with Gasteiger partial charge >= 0.3 is 0 Å². The third-order valence-electron chi connectivity index (χ3n) is 3.34. The minimum atomic E-state index is 0.120. The van der Waals surface area contributed by atoms with Crippen molar-refractivity contribution in [1.82, 2.24) is 24.8 Å². The van der Waals surface area contributed by atoms with Crippen LogP contribution in [0.2, 0.25) is 0 Å². The molecule has 0 bridgehead atoms. The Morgan fingerprint density at radius 3 is 2.90 bits per heavy atom. The van der Waals surface area contributed by atoms with E-state index in [0.717, 1.165) is 39.8 Å². The SMILES string of the molecule is CC(N)CCc1nc2c(-c3cn[nH]c3)cnn2c(N)c1Br. The van der Waals surface area contributed by atoms with Crippen molar-refractivity contribution in [2.24, 2.45) is 5.73 Å². The highest BCUT2D eigenvalue weighted by Crippen LogP contribution is 2.29. The van der Waals surface area contributed by atoms with E-state index in [-0.39, 0.29) is 6.04 Å². The molecule has 0 aromatic carbocycles. The average Bonchev–Trinajstić information content (AvgIpc) is 3.09. The first kappa shape index (κ1) is 14.0. The van der Waals surface area contributed by atoms with Gasteiger partial charge in [-0.05, 0) is 35.7 Å². The Labute approximate surface area is 129 Å². The van der Waals surface area contributed by atoms with Gasteiger partial charge in [0, 0.05) is 23.4 Å². The fourth-order valence-corrected chi connectivity index (χ4v) is 2.63. The number of anilines is 1. The average molecular weight is 350 g/mol. The molecule has 3 aromatic heterocycles. The van der Waals surface area contributed by atoms with Gasteiger partial charge in [-0.15, -0.1) is 0 Å². The number of H-pyrrole nitrogens is 1. The maximum absolute atomic E-state index is 6.15. The van der Waals surface area contributed by atoms with Crippen molar-refractivity contribution in [2.45, 2.75) is 25.8 Å². The summed E-state index contributed by atoms with van der Waals surface area (Å²) in [5.41, 5.74) is 15.4. The monoisotopic (exact) mass is 349 g/mol. The second-order valence-electron chi connectivity index (χ2n) is 5.05. The second-order valence-corrected chi connectivity index (χ2v) is 5.85. The summed E-state index contributed by atoms with van der Waals surface area (Å²) in [4.78, 5) is 4.70. The molecule has 0 saturated heterocycles. The number of hydrogen-bond acceptors (Lipinski definition) is 5. The maximum atomic E-state index is 6.15. The van der Waals surface area contributed by atoms with Gasteiger partial charge in [0.15, 0.2) is 5.65 Å². The lowest BCUT2D eigenvalue weighted by atomic mass is 10.1. The Hall–Kier alpha value is -1.93. The standard InChI is InChI=1S/C13H16BrN7/c1-7(15)2-3-10-11(14)12(16)21-13(20-10)9(6-19-21)8-4-17-18-5-8/h4-7H,2-3,15-16H2,1H3,(H,17,18). The molecule has 0 aliphatic rings. The molecular formula is C13H16BrN7. The Morgan fingerprint density at radius 2 is 2.24 bits per heavy atom. The molecule has 0 amide bonds. The summed E-state index contributed by atoms with van der Waals surface area (Å²) in [6, 6.07) is 0.120. The van der Waals surface area contributed by atoms with E-state index in [1.165, 1.54) is 0 Å². The molecule has 1 atom stereocenters. The van der Waals surface area contributed by atoms with Gasteiger partial charge in [0.1, 0.15) is 5.82 Å². The fourth-order valence-electron chi connectivity index (χ4n) is 2.18. The Balaban J connectivity index is 2.13. The molecule has 0 radical (unpaired) electrons. The van der Waals surface area contributed by atoms with Crippen LogP contribution in [0.15, 0.2) is 23.1 Å². The highest BCUT2D eigenvalue weighted by molar-refractivity contribution is 9.10. The predicted molar refractivity (Wildman–Crippen MR) is 84.7 cm³/mol. The van der Waals surface area contributed by atoms with Crippen LogP contribution in [0.25, 0.3) is 16.8 Å². The zero-order valence-electron chi connectivity index (χ0n) is 11.5. The van der Waals surface area contributed by atoms with Crippen LogP contribution < -0.4 is 11.5 Å².